The molecule has 1 aromatic heterocycles. The van der Waals surface area contributed by atoms with E-state index < -0.39 is 6.10 Å². The molecule has 0 unspecified atom stereocenters. The minimum absolute atomic E-state index is 0.117. The maximum atomic E-state index is 12.3. The van der Waals surface area contributed by atoms with Crippen molar-refractivity contribution < 1.29 is 9.53 Å². The monoisotopic (exact) mass is 394 g/mol. The first-order chi connectivity index (χ1) is 13.4. The van der Waals surface area contributed by atoms with Gasteiger partial charge in [0.25, 0.3) is 5.91 Å². The van der Waals surface area contributed by atoms with E-state index in [-0.39, 0.29) is 5.91 Å². The number of rotatable bonds is 7. The first kappa shape index (κ1) is 20.1. The number of thiazole rings is 1. The third kappa shape index (κ3) is 5.42. The summed E-state index contributed by atoms with van der Waals surface area (Å²) in [4.78, 5) is 17.0. The Morgan fingerprint density at radius 1 is 1.07 bits per heavy atom. The Kier molecular flexibility index (Phi) is 6.47. The van der Waals surface area contributed by atoms with Gasteiger partial charge in [-0.05, 0) is 51.0 Å². The molecule has 146 valence electrons. The lowest BCUT2D eigenvalue weighted by Gasteiger charge is -2.15. The van der Waals surface area contributed by atoms with E-state index in [2.05, 4.69) is 52.9 Å². The maximum absolute atomic E-state index is 12.3. The SMILES string of the molecule is Cc1ccc(-c2nc(CCNC(=O)[C@@H](C)Oc3cc(C)cc(C)c3)cs2)cc1. The number of hydrogen-bond donors (Lipinski definition) is 1. The number of nitrogens with zero attached hydrogens (tertiary/aromatic N) is 1. The Balaban J connectivity index is 1.49. The molecule has 0 saturated carbocycles. The van der Waals surface area contributed by atoms with Gasteiger partial charge in [0.15, 0.2) is 6.10 Å². The molecule has 1 heterocycles. The smallest absolute Gasteiger partial charge is 0.260 e. The Labute approximate surface area is 170 Å². The van der Waals surface area contributed by atoms with Crippen LogP contribution in [0.3, 0.4) is 0 Å². The molecule has 0 radical (unpaired) electrons. The van der Waals surface area contributed by atoms with Gasteiger partial charge < -0.3 is 10.1 Å². The number of aromatic nitrogens is 1. The third-order valence-corrected chi connectivity index (χ3v) is 5.35. The molecule has 3 aromatic rings. The predicted octanol–water partition coefficient (Wildman–Crippen LogP) is 4.86. The maximum Gasteiger partial charge on any atom is 0.260 e. The first-order valence-electron chi connectivity index (χ1n) is 9.45. The molecule has 2 aromatic carbocycles. The van der Waals surface area contributed by atoms with E-state index in [4.69, 9.17) is 4.74 Å². The van der Waals surface area contributed by atoms with E-state index >= 15 is 0 Å². The number of benzene rings is 2. The van der Waals surface area contributed by atoms with Gasteiger partial charge in [-0.1, -0.05) is 35.9 Å². The van der Waals surface area contributed by atoms with Crippen LogP contribution in [0.5, 0.6) is 5.75 Å². The summed E-state index contributed by atoms with van der Waals surface area (Å²) >= 11 is 1.63. The van der Waals surface area contributed by atoms with E-state index in [0.29, 0.717) is 13.0 Å². The zero-order valence-electron chi connectivity index (χ0n) is 16.8. The zero-order chi connectivity index (χ0) is 20.1. The summed E-state index contributed by atoms with van der Waals surface area (Å²) in [5.41, 5.74) is 5.59. The number of aryl methyl sites for hydroxylation is 3. The van der Waals surface area contributed by atoms with Crippen molar-refractivity contribution in [2.75, 3.05) is 6.54 Å². The van der Waals surface area contributed by atoms with E-state index in [1.807, 2.05) is 26.0 Å². The normalized spacial score (nSPS) is 11.9. The van der Waals surface area contributed by atoms with Crippen LogP contribution in [-0.2, 0) is 11.2 Å². The molecule has 28 heavy (non-hydrogen) atoms. The lowest BCUT2D eigenvalue weighted by atomic mass is 10.1. The van der Waals surface area contributed by atoms with Gasteiger partial charge in [-0.3, -0.25) is 4.79 Å². The van der Waals surface area contributed by atoms with Crippen molar-refractivity contribution in [3.8, 4) is 16.3 Å². The van der Waals surface area contributed by atoms with Gasteiger partial charge >= 0.3 is 0 Å². The average molecular weight is 395 g/mol. The Morgan fingerprint density at radius 2 is 1.75 bits per heavy atom. The fourth-order valence-electron chi connectivity index (χ4n) is 2.97. The third-order valence-electron chi connectivity index (χ3n) is 4.41. The van der Waals surface area contributed by atoms with Gasteiger partial charge in [0.1, 0.15) is 10.8 Å². The summed E-state index contributed by atoms with van der Waals surface area (Å²) in [6.07, 6.45) is 0.157. The minimum Gasteiger partial charge on any atom is -0.481 e. The van der Waals surface area contributed by atoms with E-state index in [1.165, 1.54) is 5.56 Å². The molecular formula is C23H26N2O2S. The highest BCUT2D eigenvalue weighted by Gasteiger charge is 2.15. The van der Waals surface area contributed by atoms with Crippen LogP contribution in [0.4, 0.5) is 0 Å². The molecule has 3 rings (SSSR count). The molecule has 0 aliphatic carbocycles. The molecule has 5 heteroatoms. The number of amides is 1. The predicted molar refractivity (Wildman–Crippen MR) is 115 cm³/mol. The van der Waals surface area contributed by atoms with Crippen molar-refractivity contribution in [1.29, 1.82) is 0 Å². The van der Waals surface area contributed by atoms with Crippen LogP contribution in [0.15, 0.2) is 47.8 Å². The summed E-state index contributed by atoms with van der Waals surface area (Å²) in [5, 5.41) is 6.00. The Morgan fingerprint density at radius 3 is 2.43 bits per heavy atom. The van der Waals surface area contributed by atoms with Crippen LogP contribution in [0.2, 0.25) is 0 Å². The fraction of sp³-hybridized carbons (Fsp3) is 0.304. The molecule has 0 aliphatic heterocycles. The second-order valence-electron chi connectivity index (χ2n) is 7.13. The first-order valence-corrected chi connectivity index (χ1v) is 10.3. The van der Waals surface area contributed by atoms with Gasteiger partial charge in [0, 0.05) is 23.9 Å². The van der Waals surface area contributed by atoms with Crippen LogP contribution < -0.4 is 10.1 Å². The molecule has 1 amide bonds. The van der Waals surface area contributed by atoms with Crippen LogP contribution in [0.25, 0.3) is 10.6 Å². The molecule has 1 N–H and O–H groups in total. The standard InChI is InChI=1S/C23H26N2O2S/c1-15-5-7-19(8-6-15)23-25-20(14-28-23)9-10-24-22(26)18(4)27-21-12-16(2)11-17(3)13-21/h5-8,11-14,18H,9-10H2,1-4H3,(H,24,26)/t18-/m1/s1. The van der Waals surface area contributed by atoms with Gasteiger partial charge in [-0.25, -0.2) is 4.98 Å². The van der Waals surface area contributed by atoms with Crippen molar-refractivity contribution in [3.05, 3.63) is 70.2 Å². The van der Waals surface area contributed by atoms with E-state index in [0.717, 1.165) is 33.1 Å². The quantitative estimate of drug-likeness (QED) is 0.622. The van der Waals surface area contributed by atoms with Crippen LogP contribution in [-0.4, -0.2) is 23.5 Å². The molecule has 1 atom stereocenters. The summed E-state index contributed by atoms with van der Waals surface area (Å²) in [7, 11) is 0. The molecule has 0 aliphatic rings. The largest absolute Gasteiger partial charge is 0.481 e. The lowest BCUT2D eigenvalue weighted by molar-refractivity contribution is -0.127. The second-order valence-corrected chi connectivity index (χ2v) is 7.99. The van der Waals surface area contributed by atoms with Crippen LogP contribution in [0.1, 0.15) is 29.3 Å². The average Bonchev–Trinajstić information content (AvgIpc) is 3.10. The van der Waals surface area contributed by atoms with Crippen molar-refractivity contribution in [3.63, 3.8) is 0 Å². The van der Waals surface area contributed by atoms with E-state index in [9.17, 15) is 4.79 Å². The summed E-state index contributed by atoms with van der Waals surface area (Å²) in [6, 6.07) is 14.3. The van der Waals surface area contributed by atoms with Gasteiger partial charge in [-0.2, -0.15) is 0 Å². The van der Waals surface area contributed by atoms with Crippen molar-refractivity contribution >= 4 is 17.2 Å². The summed E-state index contributed by atoms with van der Waals surface area (Å²) in [6.45, 7) is 8.42. The number of carbonyl (C=O) groups is 1. The molecule has 4 nitrogen and oxygen atoms in total. The summed E-state index contributed by atoms with van der Waals surface area (Å²) in [5.74, 6) is 0.607. The highest BCUT2D eigenvalue weighted by molar-refractivity contribution is 7.13. The molecular weight excluding hydrogens is 368 g/mol. The van der Waals surface area contributed by atoms with Crippen LogP contribution in [0, 0.1) is 20.8 Å². The van der Waals surface area contributed by atoms with Gasteiger partial charge in [-0.15, -0.1) is 11.3 Å². The molecule has 0 bridgehead atoms. The topological polar surface area (TPSA) is 51.2 Å². The Bertz CT molecular complexity index is 927. The molecule has 0 fully saturated rings. The highest BCUT2D eigenvalue weighted by Crippen LogP contribution is 2.24. The number of ether oxygens (including phenoxy) is 1. The van der Waals surface area contributed by atoms with Crippen molar-refractivity contribution in [1.82, 2.24) is 10.3 Å². The number of nitrogens with one attached hydrogen (secondary N) is 1. The fourth-order valence-corrected chi connectivity index (χ4v) is 3.83. The second kappa shape index (κ2) is 9.02. The van der Waals surface area contributed by atoms with Gasteiger partial charge in [0.2, 0.25) is 0 Å². The Hall–Kier alpha value is -2.66. The van der Waals surface area contributed by atoms with Crippen molar-refractivity contribution in [2.45, 2.75) is 40.2 Å². The molecule has 0 spiro atoms. The van der Waals surface area contributed by atoms with Crippen molar-refractivity contribution in [2.24, 2.45) is 0 Å². The number of carbonyl (C=O) groups excluding carboxylic acids is 1. The van der Waals surface area contributed by atoms with E-state index in [1.54, 1.807) is 18.3 Å². The lowest BCUT2D eigenvalue weighted by Crippen LogP contribution is -2.37. The van der Waals surface area contributed by atoms with Gasteiger partial charge in [0.05, 0.1) is 5.69 Å². The minimum atomic E-state index is -0.542. The molecule has 0 saturated heterocycles. The number of hydrogen-bond acceptors (Lipinski definition) is 4. The zero-order valence-corrected chi connectivity index (χ0v) is 17.6. The highest BCUT2D eigenvalue weighted by atomic mass is 32.1. The summed E-state index contributed by atoms with van der Waals surface area (Å²) < 4.78 is 5.79. The van der Waals surface area contributed by atoms with Crippen LogP contribution >= 0.6 is 11.3 Å².